The molecule has 5 aromatic rings. The third kappa shape index (κ3) is 3.79. The van der Waals surface area contributed by atoms with Gasteiger partial charge in [-0.15, -0.1) is 0 Å². The van der Waals surface area contributed by atoms with Crippen LogP contribution in [-0.4, -0.2) is 38.8 Å². The second-order valence-electron chi connectivity index (χ2n) is 8.59. The van der Waals surface area contributed by atoms with Crippen LogP contribution >= 0.6 is 0 Å². The molecule has 0 spiro atoms. The molecule has 1 aliphatic rings. The van der Waals surface area contributed by atoms with Gasteiger partial charge in [0.05, 0.1) is 16.7 Å². The van der Waals surface area contributed by atoms with Crippen LogP contribution in [0.2, 0.25) is 0 Å². The number of aromatic hydroxyl groups is 1. The van der Waals surface area contributed by atoms with Crippen molar-refractivity contribution in [2.24, 2.45) is 0 Å². The van der Waals surface area contributed by atoms with Gasteiger partial charge in [-0.1, -0.05) is 36.4 Å². The van der Waals surface area contributed by atoms with Crippen LogP contribution in [0.3, 0.4) is 0 Å². The first kappa shape index (κ1) is 19.8. The molecule has 0 bridgehead atoms. The van der Waals surface area contributed by atoms with E-state index < -0.39 is 0 Å². The zero-order valence-corrected chi connectivity index (χ0v) is 18.2. The van der Waals surface area contributed by atoms with Crippen molar-refractivity contribution in [2.45, 2.75) is 18.9 Å². The van der Waals surface area contributed by atoms with Crippen LogP contribution in [0.15, 0.2) is 79.0 Å². The summed E-state index contributed by atoms with van der Waals surface area (Å²) in [4.78, 5) is 9.49. The molecule has 0 aliphatic carbocycles. The molecule has 2 aromatic heterocycles. The van der Waals surface area contributed by atoms with Crippen molar-refractivity contribution in [3.05, 3.63) is 79.0 Å². The lowest BCUT2D eigenvalue weighted by Crippen LogP contribution is -2.38. The molecule has 33 heavy (non-hydrogen) atoms. The number of phenols is 1. The number of imidazole rings is 1. The van der Waals surface area contributed by atoms with Gasteiger partial charge >= 0.3 is 0 Å². The van der Waals surface area contributed by atoms with E-state index in [1.165, 1.54) is 17.2 Å². The highest BCUT2D eigenvalue weighted by Gasteiger charge is 2.17. The van der Waals surface area contributed by atoms with E-state index in [1.807, 2.05) is 30.5 Å². The van der Waals surface area contributed by atoms with E-state index in [0.29, 0.717) is 6.04 Å². The van der Waals surface area contributed by atoms with Crippen molar-refractivity contribution in [1.82, 2.24) is 19.9 Å². The van der Waals surface area contributed by atoms with Crippen LogP contribution in [0.1, 0.15) is 12.8 Å². The molecule has 1 fully saturated rings. The maximum atomic E-state index is 10.1. The summed E-state index contributed by atoms with van der Waals surface area (Å²) >= 11 is 0. The van der Waals surface area contributed by atoms with Gasteiger partial charge in [-0.25, -0.2) is 9.97 Å². The molecule has 1 saturated heterocycles. The Hall–Kier alpha value is -3.90. The summed E-state index contributed by atoms with van der Waals surface area (Å²) in [6.45, 7) is 2.02. The van der Waals surface area contributed by atoms with E-state index in [-0.39, 0.29) is 5.75 Å². The number of piperidine rings is 1. The zero-order chi connectivity index (χ0) is 22.2. The Balaban J connectivity index is 1.49. The third-order valence-corrected chi connectivity index (χ3v) is 6.30. The summed E-state index contributed by atoms with van der Waals surface area (Å²) in [5.74, 6) is 1.89. The number of hydrogen-bond donors (Lipinski definition) is 3. The van der Waals surface area contributed by atoms with Gasteiger partial charge in [-0.05, 0) is 54.4 Å². The maximum Gasteiger partial charge on any atom is 0.145 e. The maximum absolute atomic E-state index is 10.1. The zero-order valence-electron chi connectivity index (χ0n) is 18.2. The van der Waals surface area contributed by atoms with Gasteiger partial charge in [-0.2, -0.15) is 0 Å². The fourth-order valence-corrected chi connectivity index (χ4v) is 4.67. The standard InChI is InChI=1S/C27H25N5O/c33-23-9-10-25-24(16-23)31-27(20-8-7-18-4-1-2-5-19(18)14-20)32(25)22-11-13-29-26(15-22)30-21-6-3-12-28-17-21/h1-2,4-5,7-11,13-16,21,28,33H,3,6,12,17H2,(H,29,30)/t21-/m1/s1. The fourth-order valence-electron chi connectivity index (χ4n) is 4.67. The van der Waals surface area contributed by atoms with E-state index in [1.54, 1.807) is 12.1 Å². The highest BCUT2D eigenvalue weighted by atomic mass is 16.3. The van der Waals surface area contributed by atoms with E-state index in [9.17, 15) is 5.11 Å². The Morgan fingerprint density at radius 3 is 2.76 bits per heavy atom. The van der Waals surface area contributed by atoms with Gasteiger partial charge in [-0.3, -0.25) is 4.57 Å². The average Bonchev–Trinajstić information content (AvgIpc) is 3.23. The number of benzene rings is 3. The Morgan fingerprint density at radius 2 is 1.88 bits per heavy atom. The lowest BCUT2D eigenvalue weighted by molar-refractivity contribution is 0.476. The molecule has 6 nitrogen and oxygen atoms in total. The monoisotopic (exact) mass is 435 g/mol. The minimum atomic E-state index is 0.207. The molecule has 3 aromatic carbocycles. The summed E-state index contributed by atoms with van der Waals surface area (Å²) in [7, 11) is 0. The molecule has 0 radical (unpaired) electrons. The average molecular weight is 436 g/mol. The second kappa shape index (κ2) is 8.22. The molecule has 3 N–H and O–H groups in total. The number of hydrogen-bond acceptors (Lipinski definition) is 5. The minimum absolute atomic E-state index is 0.207. The summed E-state index contributed by atoms with van der Waals surface area (Å²) in [5, 5.41) is 19.4. The molecule has 0 saturated carbocycles. The molecule has 0 unspecified atom stereocenters. The number of aromatic nitrogens is 3. The van der Waals surface area contributed by atoms with Gasteiger partial charge in [0.15, 0.2) is 0 Å². The first-order chi connectivity index (χ1) is 16.2. The predicted octanol–water partition coefficient (Wildman–Crippen LogP) is 5.11. The molecule has 6 rings (SSSR count). The quantitative estimate of drug-likeness (QED) is 0.366. The van der Waals surface area contributed by atoms with Gasteiger partial charge in [0, 0.05) is 36.5 Å². The number of fused-ring (bicyclic) bond motifs is 2. The van der Waals surface area contributed by atoms with Crippen molar-refractivity contribution < 1.29 is 5.11 Å². The van der Waals surface area contributed by atoms with E-state index in [2.05, 4.69) is 56.6 Å². The van der Waals surface area contributed by atoms with Crippen LogP contribution in [-0.2, 0) is 0 Å². The number of nitrogens with one attached hydrogen (secondary N) is 2. The molecule has 3 heterocycles. The highest BCUT2D eigenvalue weighted by molar-refractivity contribution is 5.89. The molecule has 1 atom stereocenters. The van der Waals surface area contributed by atoms with Crippen molar-refractivity contribution in [3.8, 4) is 22.8 Å². The van der Waals surface area contributed by atoms with Crippen LogP contribution in [0, 0.1) is 0 Å². The van der Waals surface area contributed by atoms with E-state index in [4.69, 9.17) is 4.98 Å². The number of phenolic OH excluding ortho intramolecular Hbond substituents is 1. The SMILES string of the molecule is Oc1ccc2c(c1)nc(-c1ccc3ccccc3c1)n2-c1ccnc(N[C@@H]2CCCNC2)c1. The largest absolute Gasteiger partial charge is 0.508 e. The van der Waals surface area contributed by atoms with Gasteiger partial charge < -0.3 is 15.7 Å². The molecular formula is C27H25N5O. The van der Waals surface area contributed by atoms with Gasteiger partial charge in [0.1, 0.15) is 17.4 Å². The van der Waals surface area contributed by atoms with Crippen LogP contribution in [0.4, 0.5) is 5.82 Å². The molecule has 6 heteroatoms. The summed E-state index contributed by atoms with van der Waals surface area (Å²) in [6.07, 6.45) is 4.14. The Bertz CT molecular complexity index is 1450. The predicted molar refractivity (Wildman–Crippen MR) is 133 cm³/mol. The minimum Gasteiger partial charge on any atom is -0.508 e. The third-order valence-electron chi connectivity index (χ3n) is 6.30. The van der Waals surface area contributed by atoms with Crippen molar-refractivity contribution >= 4 is 27.6 Å². The smallest absolute Gasteiger partial charge is 0.145 e. The van der Waals surface area contributed by atoms with Crippen molar-refractivity contribution in [3.63, 3.8) is 0 Å². The number of pyridine rings is 1. The molecular weight excluding hydrogens is 410 g/mol. The molecule has 0 amide bonds. The summed E-state index contributed by atoms with van der Waals surface area (Å²) in [5.41, 5.74) is 3.69. The van der Waals surface area contributed by atoms with E-state index >= 15 is 0 Å². The lowest BCUT2D eigenvalue weighted by atomic mass is 10.1. The topological polar surface area (TPSA) is 75.0 Å². The fraction of sp³-hybridized carbons (Fsp3) is 0.185. The van der Waals surface area contributed by atoms with Crippen LogP contribution in [0.25, 0.3) is 38.9 Å². The van der Waals surface area contributed by atoms with Gasteiger partial charge in [0.25, 0.3) is 0 Å². The van der Waals surface area contributed by atoms with E-state index in [0.717, 1.165) is 53.4 Å². The first-order valence-electron chi connectivity index (χ1n) is 11.4. The highest BCUT2D eigenvalue weighted by Crippen LogP contribution is 2.32. The number of rotatable bonds is 4. The summed E-state index contributed by atoms with van der Waals surface area (Å²) in [6, 6.07) is 24.5. The Kier molecular flexibility index (Phi) is 4.92. The molecule has 1 aliphatic heterocycles. The summed E-state index contributed by atoms with van der Waals surface area (Å²) < 4.78 is 2.14. The van der Waals surface area contributed by atoms with Gasteiger partial charge in [0.2, 0.25) is 0 Å². The lowest BCUT2D eigenvalue weighted by Gasteiger charge is -2.24. The first-order valence-corrected chi connectivity index (χ1v) is 11.4. The molecule has 164 valence electrons. The normalized spacial score (nSPS) is 16.3. The van der Waals surface area contributed by atoms with Crippen molar-refractivity contribution in [2.75, 3.05) is 18.4 Å². The Morgan fingerprint density at radius 1 is 0.970 bits per heavy atom. The van der Waals surface area contributed by atoms with Crippen molar-refractivity contribution in [1.29, 1.82) is 0 Å². The van der Waals surface area contributed by atoms with Crippen LogP contribution < -0.4 is 10.6 Å². The van der Waals surface area contributed by atoms with Crippen LogP contribution in [0.5, 0.6) is 5.75 Å². The number of nitrogens with zero attached hydrogens (tertiary/aromatic N) is 3. The second-order valence-corrected chi connectivity index (χ2v) is 8.59. The number of anilines is 1. The Labute approximate surface area is 191 Å².